The van der Waals surface area contributed by atoms with E-state index in [9.17, 15) is 4.79 Å². The molecule has 2 aromatic rings. The molecule has 0 aliphatic rings. The van der Waals surface area contributed by atoms with Crippen molar-refractivity contribution in [2.75, 3.05) is 6.61 Å². The van der Waals surface area contributed by atoms with Crippen LogP contribution in [0.4, 0.5) is 0 Å². The molecule has 1 atom stereocenters. The van der Waals surface area contributed by atoms with Crippen molar-refractivity contribution in [3.63, 3.8) is 0 Å². The van der Waals surface area contributed by atoms with Crippen LogP contribution in [0.3, 0.4) is 0 Å². The summed E-state index contributed by atoms with van der Waals surface area (Å²) in [6, 6.07) is 0. The molecule has 7 heteroatoms. The minimum atomic E-state index is -0.551. The monoisotopic (exact) mass is 278 g/mol. The summed E-state index contributed by atoms with van der Waals surface area (Å²) in [5, 5.41) is 3.91. The maximum Gasteiger partial charge on any atom is 0.318 e. The molecule has 2 aromatic heterocycles. The van der Waals surface area contributed by atoms with Crippen molar-refractivity contribution >= 4 is 5.97 Å². The molecular weight excluding hydrogens is 260 g/mol. The lowest BCUT2D eigenvalue weighted by molar-refractivity contribution is -0.146. The Kier molecular flexibility index (Phi) is 4.16. The zero-order valence-electron chi connectivity index (χ0n) is 12.0. The van der Waals surface area contributed by atoms with Crippen LogP contribution in [0.2, 0.25) is 0 Å². The highest BCUT2D eigenvalue weighted by Gasteiger charge is 2.31. The molecule has 2 rings (SSSR count). The third-order valence-corrected chi connectivity index (χ3v) is 2.96. The van der Waals surface area contributed by atoms with E-state index in [4.69, 9.17) is 9.26 Å². The van der Waals surface area contributed by atoms with Crippen molar-refractivity contribution in [1.29, 1.82) is 0 Å². The topological polar surface area (TPSA) is 83.0 Å². The lowest BCUT2D eigenvalue weighted by Gasteiger charge is -2.14. The minimum absolute atomic E-state index is 0.00823. The molecule has 7 nitrogen and oxygen atoms in total. The first-order chi connectivity index (χ1) is 9.54. The van der Waals surface area contributed by atoms with E-state index >= 15 is 0 Å². The summed E-state index contributed by atoms with van der Waals surface area (Å²) >= 11 is 0. The van der Waals surface area contributed by atoms with Gasteiger partial charge in [-0.05, 0) is 12.8 Å². The van der Waals surface area contributed by atoms with Crippen LogP contribution >= 0.6 is 0 Å². The van der Waals surface area contributed by atoms with Crippen LogP contribution in [0.1, 0.15) is 32.6 Å². The normalized spacial score (nSPS) is 12.7. The Morgan fingerprint density at radius 2 is 2.25 bits per heavy atom. The van der Waals surface area contributed by atoms with Gasteiger partial charge in [-0.15, -0.1) is 0 Å². The van der Waals surface area contributed by atoms with Gasteiger partial charge >= 0.3 is 5.97 Å². The van der Waals surface area contributed by atoms with Crippen molar-refractivity contribution in [2.24, 2.45) is 13.0 Å². The van der Waals surface area contributed by atoms with E-state index < -0.39 is 5.92 Å². The van der Waals surface area contributed by atoms with Gasteiger partial charge in [0.1, 0.15) is 11.6 Å². The van der Waals surface area contributed by atoms with Crippen LogP contribution in [0.5, 0.6) is 0 Å². The van der Waals surface area contributed by atoms with Gasteiger partial charge in [-0.2, -0.15) is 4.98 Å². The van der Waals surface area contributed by atoms with Crippen molar-refractivity contribution in [1.82, 2.24) is 19.7 Å². The van der Waals surface area contributed by atoms with Crippen LogP contribution < -0.4 is 0 Å². The molecule has 0 amide bonds. The maximum atomic E-state index is 12.0. The molecule has 2 heterocycles. The van der Waals surface area contributed by atoms with Crippen LogP contribution in [0.15, 0.2) is 17.0 Å². The Morgan fingerprint density at radius 3 is 2.80 bits per heavy atom. The zero-order chi connectivity index (χ0) is 14.7. The van der Waals surface area contributed by atoms with Crippen molar-refractivity contribution in [3.05, 3.63) is 18.4 Å². The Morgan fingerprint density at radius 1 is 1.50 bits per heavy atom. The summed E-state index contributed by atoms with van der Waals surface area (Å²) in [4.78, 5) is 20.3. The molecule has 0 aliphatic carbocycles. The van der Waals surface area contributed by atoms with Gasteiger partial charge in [0.15, 0.2) is 0 Å². The Bertz CT molecular complexity index is 588. The number of ether oxygens (including phenoxy) is 1. The summed E-state index contributed by atoms with van der Waals surface area (Å²) in [6.45, 7) is 5.92. The zero-order valence-corrected chi connectivity index (χ0v) is 12.0. The quantitative estimate of drug-likeness (QED) is 0.775. The molecule has 0 aliphatic heterocycles. The second-order valence-electron chi connectivity index (χ2n) is 4.82. The number of rotatable bonds is 5. The average molecular weight is 278 g/mol. The summed E-state index contributed by atoms with van der Waals surface area (Å²) in [5.74, 6) is -0.203. The summed E-state index contributed by atoms with van der Waals surface area (Å²) < 4.78 is 12.1. The molecule has 20 heavy (non-hydrogen) atoms. The summed E-state index contributed by atoms with van der Waals surface area (Å²) in [7, 11) is 1.84. The minimum Gasteiger partial charge on any atom is -0.465 e. The molecule has 0 saturated heterocycles. The number of hydrogen-bond donors (Lipinski definition) is 0. The Balaban J connectivity index is 2.30. The van der Waals surface area contributed by atoms with E-state index in [0.717, 1.165) is 5.69 Å². The Labute approximate surface area is 117 Å². The molecule has 0 fully saturated rings. The maximum absolute atomic E-state index is 12.0. The van der Waals surface area contributed by atoms with Crippen LogP contribution in [-0.4, -0.2) is 32.3 Å². The fraction of sp³-hybridized carbons (Fsp3) is 0.538. The molecule has 0 aromatic carbocycles. The molecule has 0 N–H and O–H groups in total. The first kappa shape index (κ1) is 14.2. The first-order valence-electron chi connectivity index (χ1n) is 6.51. The van der Waals surface area contributed by atoms with E-state index in [1.54, 1.807) is 24.0 Å². The van der Waals surface area contributed by atoms with Gasteiger partial charge in [0.05, 0.1) is 19.1 Å². The van der Waals surface area contributed by atoms with E-state index in [0.29, 0.717) is 12.4 Å². The lowest BCUT2D eigenvalue weighted by Crippen LogP contribution is -2.21. The molecule has 0 radical (unpaired) electrons. The molecular formula is C13H18N4O3. The summed E-state index contributed by atoms with van der Waals surface area (Å²) in [5.41, 5.74) is 0.728. The SMILES string of the molecule is CCOC(=O)C(c1nc(-c2cncn2C)no1)C(C)C. The molecule has 108 valence electrons. The van der Waals surface area contributed by atoms with E-state index in [-0.39, 0.29) is 17.8 Å². The second-order valence-corrected chi connectivity index (χ2v) is 4.82. The number of hydrogen-bond acceptors (Lipinski definition) is 6. The number of aromatic nitrogens is 4. The average Bonchev–Trinajstić information content (AvgIpc) is 2.98. The van der Waals surface area contributed by atoms with Gasteiger partial charge in [0.25, 0.3) is 0 Å². The highest BCUT2D eigenvalue weighted by molar-refractivity contribution is 5.77. The van der Waals surface area contributed by atoms with Crippen molar-refractivity contribution in [2.45, 2.75) is 26.7 Å². The van der Waals surface area contributed by atoms with Gasteiger partial charge < -0.3 is 13.8 Å². The third-order valence-electron chi connectivity index (χ3n) is 2.96. The number of imidazole rings is 1. The fourth-order valence-corrected chi connectivity index (χ4v) is 1.93. The highest BCUT2D eigenvalue weighted by atomic mass is 16.5. The van der Waals surface area contributed by atoms with Gasteiger partial charge in [0.2, 0.25) is 11.7 Å². The van der Waals surface area contributed by atoms with Gasteiger partial charge in [-0.1, -0.05) is 19.0 Å². The standard InChI is InChI=1S/C13H18N4O3/c1-5-19-13(18)10(8(2)3)12-15-11(16-20-12)9-6-14-7-17(9)4/h6-8,10H,5H2,1-4H3. The van der Waals surface area contributed by atoms with E-state index in [1.807, 2.05) is 20.9 Å². The number of carbonyl (C=O) groups excluding carboxylic acids is 1. The predicted octanol–water partition coefficient (Wildman–Crippen LogP) is 1.77. The van der Waals surface area contributed by atoms with Crippen molar-refractivity contribution in [3.8, 4) is 11.5 Å². The molecule has 0 saturated carbocycles. The van der Waals surface area contributed by atoms with Crippen LogP contribution in [0.25, 0.3) is 11.5 Å². The first-order valence-corrected chi connectivity index (χ1v) is 6.51. The molecule has 0 spiro atoms. The largest absolute Gasteiger partial charge is 0.465 e. The third kappa shape index (κ3) is 2.71. The Hall–Kier alpha value is -2.18. The van der Waals surface area contributed by atoms with E-state index in [1.165, 1.54) is 0 Å². The number of carbonyl (C=O) groups is 1. The van der Waals surface area contributed by atoms with E-state index in [2.05, 4.69) is 15.1 Å². The summed E-state index contributed by atoms with van der Waals surface area (Å²) in [6.07, 6.45) is 3.29. The highest BCUT2D eigenvalue weighted by Crippen LogP contribution is 2.26. The van der Waals surface area contributed by atoms with Crippen LogP contribution in [0, 0.1) is 5.92 Å². The van der Waals surface area contributed by atoms with Gasteiger partial charge in [-0.25, -0.2) is 4.98 Å². The van der Waals surface area contributed by atoms with Gasteiger partial charge in [0, 0.05) is 7.05 Å². The number of aryl methyl sites for hydroxylation is 1. The van der Waals surface area contributed by atoms with Gasteiger partial charge in [-0.3, -0.25) is 4.79 Å². The fourth-order valence-electron chi connectivity index (χ4n) is 1.93. The molecule has 1 unspecified atom stereocenters. The smallest absolute Gasteiger partial charge is 0.318 e. The molecule has 0 bridgehead atoms. The lowest BCUT2D eigenvalue weighted by atomic mass is 9.96. The van der Waals surface area contributed by atoms with Crippen molar-refractivity contribution < 1.29 is 14.1 Å². The second kappa shape index (κ2) is 5.85. The predicted molar refractivity (Wildman–Crippen MR) is 70.7 cm³/mol. The van der Waals surface area contributed by atoms with Crippen LogP contribution in [-0.2, 0) is 16.6 Å². The number of esters is 1. The number of nitrogens with zero attached hydrogens (tertiary/aromatic N) is 4.